The van der Waals surface area contributed by atoms with Gasteiger partial charge >= 0.3 is 6.09 Å². The summed E-state index contributed by atoms with van der Waals surface area (Å²) in [5, 5.41) is 4.14. The van der Waals surface area contributed by atoms with Crippen molar-refractivity contribution >= 4 is 34.3 Å². The average Bonchev–Trinajstić information content (AvgIpc) is 3.41. The summed E-state index contributed by atoms with van der Waals surface area (Å²) in [6, 6.07) is 15.5. The number of rotatable bonds is 5. The van der Waals surface area contributed by atoms with Crippen LogP contribution in [0.5, 0.6) is 0 Å². The van der Waals surface area contributed by atoms with Gasteiger partial charge in [-0.25, -0.2) is 14.8 Å². The van der Waals surface area contributed by atoms with Crippen molar-refractivity contribution in [1.82, 2.24) is 19.8 Å². The first-order valence-electron chi connectivity index (χ1n) is 13.4. The number of piperidine rings is 1. The molecule has 2 saturated heterocycles. The van der Waals surface area contributed by atoms with Crippen molar-refractivity contribution < 1.29 is 19.1 Å². The van der Waals surface area contributed by atoms with Crippen LogP contribution in [0.3, 0.4) is 0 Å². The summed E-state index contributed by atoms with van der Waals surface area (Å²) in [7, 11) is 0. The summed E-state index contributed by atoms with van der Waals surface area (Å²) < 4.78 is 11.1. The van der Waals surface area contributed by atoms with Crippen LogP contribution in [-0.4, -0.2) is 76.3 Å². The highest BCUT2D eigenvalue weighted by atomic mass is 32.1. The van der Waals surface area contributed by atoms with Gasteiger partial charge in [-0.05, 0) is 51.3 Å². The first-order chi connectivity index (χ1) is 18.8. The fourth-order valence-electron chi connectivity index (χ4n) is 4.88. The molecule has 2 aromatic heterocycles. The largest absolute Gasteiger partial charge is 0.444 e. The number of hydrogen-bond donors (Lipinski definition) is 1. The van der Waals surface area contributed by atoms with Crippen LogP contribution in [-0.2, 0) is 14.3 Å². The highest BCUT2D eigenvalue weighted by Crippen LogP contribution is 2.32. The predicted octanol–water partition coefficient (Wildman–Crippen LogP) is 5.29. The SMILES string of the molecule is CC(C)(C)OC(=O)N1CCOCC1C(=O)N1CCC(c2cccc(Nc3ncc(-c4ccccc4)s3)n2)CC1. The lowest BCUT2D eigenvalue weighted by Crippen LogP contribution is -2.58. The summed E-state index contributed by atoms with van der Waals surface area (Å²) >= 11 is 1.59. The van der Waals surface area contributed by atoms with Crippen LogP contribution in [0.25, 0.3) is 10.4 Å². The Balaban J connectivity index is 1.18. The van der Waals surface area contributed by atoms with Crippen LogP contribution in [0.2, 0.25) is 0 Å². The number of carbonyl (C=O) groups excluding carboxylic acids is 2. The summed E-state index contributed by atoms with van der Waals surface area (Å²) in [6.07, 6.45) is 3.01. The van der Waals surface area contributed by atoms with E-state index in [1.54, 1.807) is 11.3 Å². The topological polar surface area (TPSA) is 96.9 Å². The molecule has 0 aliphatic carbocycles. The Hall–Kier alpha value is -3.50. The van der Waals surface area contributed by atoms with Crippen molar-refractivity contribution in [2.24, 2.45) is 0 Å². The van der Waals surface area contributed by atoms with E-state index in [1.165, 1.54) is 4.90 Å². The molecule has 1 N–H and O–H groups in total. The first kappa shape index (κ1) is 27.1. The lowest BCUT2D eigenvalue weighted by atomic mass is 9.92. The van der Waals surface area contributed by atoms with E-state index >= 15 is 0 Å². The summed E-state index contributed by atoms with van der Waals surface area (Å²) in [5.74, 6) is 0.921. The quantitative estimate of drug-likeness (QED) is 0.462. The van der Waals surface area contributed by atoms with Crippen molar-refractivity contribution in [2.45, 2.75) is 51.2 Å². The molecule has 10 heteroatoms. The Morgan fingerprint density at radius 3 is 2.56 bits per heavy atom. The molecule has 1 aromatic carbocycles. The van der Waals surface area contributed by atoms with E-state index in [9.17, 15) is 9.59 Å². The average molecular weight is 550 g/mol. The minimum Gasteiger partial charge on any atom is -0.444 e. The third kappa shape index (κ3) is 6.75. The van der Waals surface area contributed by atoms with Crippen molar-refractivity contribution in [3.05, 3.63) is 60.4 Å². The molecule has 1 atom stereocenters. The van der Waals surface area contributed by atoms with Crippen molar-refractivity contribution in [1.29, 1.82) is 0 Å². The number of likely N-dealkylation sites (tertiary alicyclic amines) is 1. The molecule has 2 amide bonds. The number of nitrogens with one attached hydrogen (secondary N) is 1. The van der Waals surface area contributed by atoms with Gasteiger partial charge in [0.1, 0.15) is 17.5 Å². The monoisotopic (exact) mass is 549 g/mol. The lowest BCUT2D eigenvalue weighted by Gasteiger charge is -2.40. The summed E-state index contributed by atoms with van der Waals surface area (Å²) in [6.45, 7) is 7.62. The number of pyridine rings is 1. The standard InChI is InChI=1S/C29H35N5O4S/c1-29(2,3)38-28(36)34-16-17-37-19-23(34)26(35)33-14-12-20(13-15-33)22-10-7-11-25(31-22)32-27-30-18-24(39-27)21-8-5-4-6-9-21/h4-11,18,20,23H,12-17,19H2,1-3H3,(H,30,31,32). The Morgan fingerprint density at radius 1 is 1.05 bits per heavy atom. The second-order valence-electron chi connectivity index (χ2n) is 10.8. The van der Waals surface area contributed by atoms with Gasteiger partial charge in [0.25, 0.3) is 0 Å². The van der Waals surface area contributed by atoms with Gasteiger partial charge in [-0.2, -0.15) is 0 Å². The zero-order valence-electron chi connectivity index (χ0n) is 22.6. The van der Waals surface area contributed by atoms with Crippen LogP contribution in [0.1, 0.15) is 45.2 Å². The number of benzene rings is 1. The van der Waals surface area contributed by atoms with E-state index in [0.717, 1.165) is 39.9 Å². The summed E-state index contributed by atoms with van der Waals surface area (Å²) in [4.78, 5) is 40.0. The predicted molar refractivity (Wildman–Crippen MR) is 151 cm³/mol. The van der Waals surface area contributed by atoms with Gasteiger partial charge in [0, 0.05) is 37.4 Å². The van der Waals surface area contributed by atoms with Crippen LogP contribution < -0.4 is 5.32 Å². The third-order valence-electron chi connectivity index (χ3n) is 6.84. The molecule has 5 rings (SSSR count). The van der Waals surface area contributed by atoms with E-state index in [2.05, 4.69) is 22.4 Å². The molecule has 2 fully saturated rings. The number of hydrogen-bond acceptors (Lipinski definition) is 8. The molecule has 3 aromatic rings. The number of carbonyl (C=O) groups is 2. The molecule has 1 unspecified atom stereocenters. The third-order valence-corrected chi connectivity index (χ3v) is 7.80. The van der Waals surface area contributed by atoms with E-state index in [4.69, 9.17) is 14.5 Å². The molecule has 39 heavy (non-hydrogen) atoms. The number of anilines is 2. The van der Waals surface area contributed by atoms with Gasteiger partial charge in [0.05, 0.1) is 18.1 Å². The number of aromatic nitrogens is 2. The minimum absolute atomic E-state index is 0.0830. The van der Waals surface area contributed by atoms with Crippen molar-refractivity contribution in [3.8, 4) is 10.4 Å². The number of thiazole rings is 1. The van der Waals surface area contributed by atoms with Crippen molar-refractivity contribution in [3.63, 3.8) is 0 Å². The van der Waals surface area contributed by atoms with Gasteiger partial charge in [0.15, 0.2) is 5.13 Å². The maximum atomic E-state index is 13.4. The molecular formula is C29H35N5O4S. The lowest BCUT2D eigenvalue weighted by molar-refractivity contribution is -0.143. The maximum Gasteiger partial charge on any atom is 0.411 e. The molecule has 9 nitrogen and oxygen atoms in total. The van der Waals surface area contributed by atoms with Crippen LogP contribution in [0, 0.1) is 0 Å². The first-order valence-corrected chi connectivity index (χ1v) is 14.2. The fraction of sp³-hybridized carbons (Fsp3) is 0.448. The Kier molecular flexibility index (Phi) is 8.13. The normalized spacial score (nSPS) is 18.6. The van der Waals surface area contributed by atoms with Crippen molar-refractivity contribution in [2.75, 3.05) is 38.2 Å². The zero-order valence-corrected chi connectivity index (χ0v) is 23.4. The van der Waals surface area contributed by atoms with Crippen LogP contribution >= 0.6 is 11.3 Å². The van der Waals surface area contributed by atoms with Gasteiger partial charge in [-0.1, -0.05) is 47.7 Å². The fourth-order valence-corrected chi connectivity index (χ4v) is 5.71. The molecule has 0 spiro atoms. The molecule has 0 saturated carbocycles. The van der Waals surface area contributed by atoms with Gasteiger partial charge < -0.3 is 19.7 Å². The summed E-state index contributed by atoms with van der Waals surface area (Å²) in [5.41, 5.74) is 1.52. The Bertz CT molecular complexity index is 1280. The number of morpholine rings is 1. The molecule has 206 valence electrons. The number of amides is 2. The van der Waals surface area contributed by atoms with E-state index in [1.807, 2.05) is 68.3 Å². The molecule has 0 bridgehead atoms. The van der Waals surface area contributed by atoms with E-state index < -0.39 is 17.7 Å². The van der Waals surface area contributed by atoms with Crippen LogP contribution in [0.4, 0.5) is 15.7 Å². The Morgan fingerprint density at radius 2 is 1.82 bits per heavy atom. The number of nitrogens with zero attached hydrogens (tertiary/aromatic N) is 4. The van der Waals surface area contributed by atoms with Crippen LogP contribution in [0.15, 0.2) is 54.7 Å². The molecule has 2 aliphatic rings. The highest BCUT2D eigenvalue weighted by Gasteiger charge is 2.38. The molecule has 2 aliphatic heterocycles. The number of ether oxygens (including phenoxy) is 2. The second-order valence-corrected chi connectivity index (χ2v) is 11.9. The van der Waals surface area contributed by atoms with E-state index in [0.29, 0.717) is 26.2 Å². The maximum absolute atomic E-state index is 13.4. The minimum atomic E-state index is -0.658. The van der Waals surface area contributed by atoms with Gasteiger partial charge in [-0.3, -0.25) is 9.69 Å². The smallest absolute Gasteiger partial charge is 0.411 e. The van der Waals surface area contributed by atoms with Gasteiger partial charge in [-0.15, -0.1) is 0 Å². The zero-order chi connectivity index (χ0) is 27.4. The van der Waals surface area contributed by atoms with Gasteiger partial charge in [0.2, 0.25) is 5.91 Å². The molecular weight excluding hydrogens is 514 g/mol. The van der Waals surface area contributed by atoms with E-state index in [-0.39, 0.29) is 18.4 Å². The molecule has 0 radical (unpaired) electrons. The molecule has 4 heterocycles. The highest BCUT2D eigenvalue weighted by molar-refractivity contribution is 7.18. The second kappa shape index (κ2) is 11.7. The Labute approximate surface area is 233 Å².